The summed E-state index contributed by atoms with van der Waals surface area (Å²) in [5.41, 5.74) is 0.139. The van der Waals surface area contributed by atoms with Gasteiger partial charge in [0, 0.05) is 37.1 Å². The zero-order valence-electron chi connectivity index (χ0n) is 11.5. The molecule has 5 nitrogen and oxygen atoms in total. The molecule has 1 aliphatic rings. The van der Waals surface area contributed by atoms with Crippen molar-refractivity contribution in [2.24, 2.45) is 0 Å². The van der Waals surface area contributed by atoms with Crippen molar-refractivity contribution in [1.82, 2.24) is 20.1 Å². The molecule has 8 heteroatoms. The minimum atomic E-state index is -4.50. The quantitative estimate of drug-likeness (QED) is 0.923. The molecule has 0 fully saturated rings. The third-order valence-electron chi connectivity index (χ3n) is 3.60. The monoisotopic (exact) mass is 310 g/mol. The molecule has 3 rings (SSSR count). The van der Waals surface area contributed by atoms with Crippen molar-refractivity contribution in [3.8, 4) is 0 Å². The average molecular weight is 310 g/mol. The number of hydrogen-bond donors (Lipinski definition) is 1. The predicted octanol–water partition coefficient (Wildman–Crippen LogP) is 2.04. The van der Waals surface area contributed by atoms with Gasteiger partial charge < -0.3 is 5.32 Å². The standard InChI is InChI=1S/C14H13F3N4O/c15-14(16,17)12-2-1-9(8-18-12)13(22)20-10-4-6-21-11(7-10)3-5-19-21/h1-3,5,8,10H,4,6-7H2,(H,20,22). The van der Waals surface area contributed by atoms with Crippen molar-refractivity contribution >= 4 is 5.91 Å². The Balaban J connectivity index is 1.65. The van der Waals surface area contributed by atoms with E-state index >= 15 is 0 Å². The Bertz CT molecular complexity index is 678. The third-order valence-corrected chi connectivity index (χ3v) is 3.60. The van der Waals surface area contributed by atoms with Gasteiger partial charge in [0.2, 0.25) is 0 Å². The number of alkyl halides is 3. The summed E-state index contributed by atoms with van der Waals surface area (Å²) in [6.45, 7) is 0.707. The van der Waals surface area contributed by atoms with E-state index in [1.165, 1.54) is 0 Å². The van der Waals surface area contributed by atoms with E-state index in [2.05, 4.69) is 15.4 Å². The number of aromatic nitrogens is 3. The van der Waals surface area contributed by atoms with E-state index in [4.69, 9.17) is 0 Å². The Labute approximate surface area is 124 Å². The molecule has 2 aromatic heterocycles. The molecule has 22 heavy (non-hydrogen) atoms. The molecule has 3 heterocycles. The molecule has 0 saturated heterocycles. The van der Waals surface area contributed by atoms with Crippen molar-refractivity contribution in [2.75, 3.05) is 0 Å². The Hall–Kier alpha value is -2.38. The number of nitrogens with zero attached hydrogens (tertiary/aromatic N) is 3. The highest BCUT2D eigenvalue weighted by Gasteiger charge is 2.32. The number of halogens is 3. The molecule has 116 valence electrons. The van der Waals surface area contributed by atoms with Crippen LogP contribution in [0, 0.1) is 0 Å². The first-order valence-electron chi connectivity index (χ1n) is 6.78. The van der Waals surface area contributed by atoms with Crippen LogP contribution in [-0.4, -0.2) is 26.7 Å². The van der Waals surface area contributed by atoms with E-state index in [1.807, 2.05) is 10.7 Å². The molecule has 1 N–H and O–H groups in total. The van der Waals surface area contributed by atoms with E-state index in [9.17, 15) is 18.0 Å². The van der Waals surface area contributed by atoms with Gasteiger partial charge in [-0.05, 0) is 24.6 Å². The van der Waals surface area contributed by atoms with Gasteiger partial charge in [-0.25, -0.2) is 0 Å². The summed E-state index contributed by atoms with van der Waals surface area (Å²) in [5, 5.41) is 6.97. The molecule has 1 amide bonds. The second kappa shape index (κ2) is 5.43. The molecular weight excluding hydrogens is 297 g/mol. The van der Waals surface area contributed by atoms with Crippen LogP contribution in [0.1, 0.15) is 28.2 Å². The van der Waals surface area contributed by atoms with Crippen LogP contribution in [0.2, 0.25) is 0 Å². The van der Waals surface area contributed by atoms with Crippen LogP contribution in [0.4, 0.5) is 13.2 Å². The maximum Gasteiger partial charge on any atom is 0.433 e. The number of nitrogens with one attached hydrogen (secondary N) is 1. The van der Waals surface area contributed by atoms with E-state index in [1.54, 1.807) is 6.20 Å². The van der Waals surface area contributed by atoms with Crippen LogP contribution in [0.3, 0.4) is 0 Å². The first kappa shape index (κ1) is 14.6. The molecule has 1 aliphatic heterocycles. The van der Waals surface area contributed by atoms with Crippen molar-refractivity contribution in [2.45, 2.75) is 31.6 Å². The molecule has 1 unspecified atom stereocenters. The van der Waals surface area contributed by atoms with E-state index in [0.717, 1.165) is 30.4 Å². The number of pyridine rings is 1. The Morgan fingerprint density at radius 3 is 2.82 bits per heavy atom. The molecule has 1 atom stereocenters. The molecule has 0 bridgehead atoms. The molecule has 0 aromatic carbocycles. The molecule has 0 radical (unpaired) electrons. The van der Waals surface area contributed by atoms with Gasteiger partial charge in [0.15, 0.2) is 0 Å². The lowest BCUT2D eigenvalue weighted by Gasteiger charge is -2.24. The first-order chi connectivity index (χ1) is 10.4. The second-order valence-electron chi connectivity index (χ2n) is 5.14. The maximum atomic E-state index is 12.4. The lowest BCUT2D eigenvalue weighted by molar-refractivity contribution is -0.141. The lowest BCUT2D eigenvalue weighted by Crippen LogP contribution is -2.40. The summed E-state index contributed by atoms with van der Waals surface area (Å²) in [6.07, 6.45) is -0.463. The fraction of sp³-hybridized carbons (Fsp3) is 0.357. The molecule has 2 aromatic rings. The lowest BCUT2D eigenvalue weighted by atomic mass is 10.0. The minimum Gasteiger partial charge on any atom is -0.349 e. The predicted molar refractivity (Wildman–Crippen MR) is 71.0 cm³/mol. The number of aryl methyl sites for hydroxylation is 1. The molecular formula is C14H13F3N4O. The molecule has 0 aliphatic carbocycles. The highest BCUT2D eigenvalue weighted by Crippen LogP contribution is 2.27. The van der Waals surface area contributed by atoms with Crippen LogP contribution < -0.4 is 5.32 Å². The fourth-order valence-corrected chi connectivity index (χ4v) is 2.46. The number of fused-ring (bicyclic) bond motifs is 1. The summed E-state index contributed by atoms with van der Waals surface area (Å²) < 4.78 is 39.2. The van der Waals surface area contributed by atoms with E-state index in [0.29, 0.717) is 13.0 Å². The topological polar surface area (TPSA) is 59.8 Å². The summed E-state index contributed by atoms with van der Waals surface area (Å²) in [7, 11) is 0. The zero-order valence-corrected chi connectivity index (χ0v) is 11.5. The Kier molecular flexibility index (Phi) is 3.59. The number of hydrogen-bond acceptors (Lipinski definition) is 3. The maximum absolute atomic E-state index is 12.4. The Morgan fingerprint density at radius 2 is 2.14 bits per heavy atom. The highest BCUT2D eigenvalue weighted by molar-refractivity contribution is 5.94. The van der Waals surface area contributed by atoms with E-state index in [-0.39, 0.29) is 11.6 Å². The summed E-state index contributed by atoms with van der Waals surface area (Å²) in [4.78, 5) is 15.4. The smallest absolute Gasteiger partial charge is 0.349 e. The van der Waals surface area contributed by atoms with Gasteiger partial charge in [0.05, 0.1) is 5.56 Å². The number of carbonyl (C=O) groups excluding carboxylic acids is 1. The molecule has 0 saturated carbocycles. The van der Waals surface area contributed by atoms with Crippen molar-refractivity contribution in [3.05, 3.63) is 47.5 Å². The van der Waals surface area contributed by atoms with Gasteiger partial charge in [0.1, 0.15) is 5.69 Å². The average Bonchev–Trinajstić information content (AvgIpc) is 2.94. The van der Waals surface area contributed by atoms with Gasteiger partial charge in [-0.3, -0.25) is 14.5 Å². The zero-order chi connectivity index (χ0) is 15.7. The van der Waals surface area contributed by atoms with E-state index < -0.39 is 17.8 Å². The first-order valence-corrected chi connectivity index (χ1v) is 6.78. The van der Waals surface area contributed by atoms with Crippen LogP contribution in [0.25, 0.3) is 0 Å². The highest BCUT2D eigenvalue weighted by atomic mass is 19.4. The Morgan fingerprint density at radius 1 is 1.32 bits per heavy atom. The summed E-state index contributed by atoms with van der Waals surface area (Å²) in [5.74, 6) is -0.417. The van der Waals surface area contributed by atoms with Gasteiger partial charge >= 0.3 is 6.18 Å². The fourth-order valence-electron chi connectivity index (χ4n) is 2.46. The van der Waals surface area contributed by atoms with Crippen molar-refractivity contribution in [3.63, 3.8) is 0 Å². The van der Waals surface area contributed by atoms with Crippen LogP contribution in [-0.2, 0) is 19.1 Å². The normalized spacial score (nSPS) is 17.9. The van der Waals surface area contributed by atoms with Gasteiger partial charge in [-0.15, -0.1) is 0 Å². The molecule has 0 spiro atoms. The SMILES string of the molecule is O=C(NC1CCn2nccc2C1)c1ccc(C(F)(F)F)nc1. The largest absolute Gasteiger partial charge is 0.433 e. The second-order valence-corrected chi connectivity index (χ2v) is 5.14. The number of rotatable bonds is 2. The van der Waals surface area contributed by atoms with Crippen molar-refractivity contribution in [1.29, 1.82) is 0 Å². The summed E-state index contributed by atoms with van der Waals surface area (Å²) >= 11 is 0. The third kappa shape index (κ3) is 2.95. The van der Waals surface area contributed by atoms with Crippen LogP contribution in [0.5, 0.6) is 0 Å². The van der Waals surface area contributed by atoms with Gasteiger partial charge in [-0.1, -0.05) is 0 Å². The number of amides is 1. The van der Waals surface area contributed by atoms with Crippen LogP contribution >= 0.6 is 0 Å². The number of carbonyl (C=O) groups is 1. The van der Waals surface area contributed by atoms with Gasteiger partial charge in [0.25, 0.3) is 5.91 Å². The minimum absolute atomic E-state index is 0.0565. The van der Waals surface area contributed by atoms with Gasteiger partial charge in [-0.2, -0.15) is 18.3 Å². The van der Waals surface area contributed by atoms with Crippen molar-refractivity contribution < 1.29 is 18.0 Å². The summed E-state index contributed by atoms with van der Waals surface area (Å²) in [6, 6.07) is 3.78. The van der Waals surface area contributed by atoms with Crippen LogP contribution in [0.15, 0.2) is 30.6 Å².